The normalized spacial score (nSPS) is 17.7. The van der Waals surface area contributed by atoms with Gasteiger partial charge in [0, 0.05) is 23.9 Å². The number of fused-ring (bicyclic) bond motifs is 2. The van der Waals surface area contributed by atoms with Crippen molar-refractivity contribution in [3.05, 3.63) is 58.8 Å². The molecule has 0 saturated carbocycles. The van der Waals surface area contributed by atoms with E-state index < -0.39 is 0 Å². The predicted molar refractivity (Wildman–Crippen MR) is 102 cm³/mol. The minimum absolute atomic E-state index is 0.0114. The fourth-order valence-electron chi connectivity index (χ4n) is 3.68. The number of carbonyl (C=O) groups excluding carboxylic acids is 1. The van der Waals surface area contributed by atoms with Crippen LogP contribution in [-0.4, -0.2) is 41.2 Å². The van der Waals surface area contributed by atoms with Crippen LogP contribution in [0.4, 0.5) is 0 Å². The number of para-hydroxylation sites is 2. The Bertz CT molecular complexity index is 965. The third kappa shape index (κ3) is 2.88. The highest BCUT2D eigenvalue weighted by atomic mass is 16.5. The van der Waals surface area contributed by atoms with Crippen molar-refractivity contribution < 1.29 is 9.53 Å². The van der Waals surface area contributed by atoms with Gasteiger partial charge in [-0.15, -0.1) is 0 Å². The molecule has 1 aliphatic rings. The van der Waals surface area contributed by atoms with Gasteiger partial charge in [0.25, 0.3) is 0 Å². The first kappa shape index (κ1) is 16.8. The van der Waals surface area contributed by atoms with Crippen LogP contribution < -0.4 is 5.43 Å². The van der Waals surface area contributed by atoms with Crippen molar-refractivity contribution in [3.63, 3.8) is 0 Å². The third-order valence-corrected chi connectivity index (χ3v) is 5.12. The Labute approximate surface area is 151 Å². The highest BCUT2D eigenvalue weighted by molar-refractivity contribution is 5.94. The van der Waals surface area contributed by atoms with E-state index in [-0.39, 0.29) is 24.0 Å². The summed E-state index contributed by atoms with van der Waals surface area (Å²) in [7, 11) is 0. The number of morpholine rings is 1. The van der Waals surface area contributed by atoms with E-state index in [0.29, 0.717) is 30.5 Å². The molecule has 5 heteroatoms. The number of rotatable bonds is 3. The molecule has 1 aliphatic heterocycles. The molecule has 0 aliphatic carbocycles. The van der Waals surface area contributed by atoms with E-state index in [4.69, 9.17) is 4.74 Å². The van der Waals surface area contributed by atoms with Crippen molar-refractivity contribution in [2.75, 3.05) is 19.7 Å². The summed E-state index contributed by atoms with van der Waals surface area (Å²) in [6, 6.07) is 15.0. The number of hydrogen-bond acceptors (Lipinski definition) is 3. The van der Waals surface area contributed by atoms with Crippen LogP contribution in [0.2, 0.25) is 0 Å². The van der Waals surface area contributed by atoms with E-state index in [0.717, 1.165) is 17.5 Å². The van der Waals surface area contributed by atoms with Crippen LogP contribution in [0, 0.1) is 0 Å². The molecule has 1 saturated heterocycles. The molecular weight excluding hydrogens is 328 g/mol. The molecule has 1 fully saturated rings. The Kier molecular flexibility index (Phi) is 4.47. The molecule has 1 amide bonds. The molecule has 0 N–H and O–H groups in total. The predicted octanol–water partition coefficient (Wildman–Crippen LogP) is 2.79. The minimum Gasteiger partial charge on any atom is -0.375 e. The summed E-state index contributed by atoms with van der Waals surface area (Å²) in [4.78, 5) is 27.6. The van der Waals surface area contributed by atoms with Crippen LogP contribution in [0.25, 0.3) is 21.8 Å². The number of benzene rings is 2. The van der Waals surface area contributed by atoms with Crippen molar-refractivity contribution in [3.8, 4) is 0 Å². The van der Waals surface area contributed by atoms with Gasteiger partial charge < -0.3 is 14.2 Å². The molecular formula is C21H22N2O3. The smallest absolute Gasteiger partial charge is 0.242 e. The molecule has 0 bridgehead atoms. The average Bonchev–Trinajstić information content (AvgIpc) is 2.71. The van der Waals surface area contributed by atoms with Crippen LogP contribution in [0.15, 0.2) is 53.3 Å². The first-order valence-electron chi connectivity index (χ1n) is 9.08. The number of amides is 1. The van der Waals surface area contributed by atoms with Gasteiger partial charge in [-0.25, -0.2) is 0 Å². The topological polar surface area (TPSA) is 51.5 Å². The van der Waals surface area contributed by atoms with Gasteiger partial charge in [0.15, 0.2) is 5.43 Å². The molecule has 1 aromatic heterocycles. The Hall–Kier alpha value is -2.66. The van der Waals surface area contributed by atoms with Gasteiger partial charge in [-0.1, -0.05) is 31.2 Å². The number of aromatic nitrogens is 1. The maximum atomic E-state index is 13.0. The van der Waals surface area contributed by atoms with Crippen molar-refractivity contribution in [2.45, 2.75) is 26.0 Å². The first-order chi connectivity index (χ1) is 12.7. The number of carbonyl (C=O) groups is 1. The maximum Gasteiger partial charge on any atom is 0.242 e. The van der Waals surface area contributed by atoms with Crippen LogP contribution in [0.3, 0.4) is 0 Å². The zero-order chi connectivity index (χ0) is 18.1. The Morgan fingerprint density at radius 1 is 1.08 bits per heavy atom. The maximum absolute atomic E-state index is 13.0. The molecule has 0 unspecified atom stereocenters. The van der Waals surface area contributed by atoms with Crippen LogP contribution in [0.5, 0.6) is 0 Å². The molecule has 5 nitrogen and oxygen atoms in total. The highest BCUT2D eigenvalue weighted by Gasteiger charge is 2.24. The standard InChI is InChI=1S/C21H22N2O3/c1-2-15-13-22(11-12-26-15)20(24)14-23-18-9-5-3-7-16(18)21(25)17-8-4-6-10-19(17)23/h3-10,15H,2,11-14H2,1H3/t15-/m0/s1. The van der Waals surface area contributed by atoms with Gasteiger partial charge >= 0.3 is 0 Å². The molecule has 134 valence electrons. The van der Waals surface area contributed by atoms with Crippen LogP contribution in [0.1, 0.15) is 13.3 Å². The van der Waals surface area contributed by atoms with Gasteiger partial charge in [-0.05, 0) is 30.7 Å². The van der Waals surface area contributed by atoms with Crippen molar-refractivity contribution >= 4 is 27.7 Å². The quantitative estimate of drug-likeness (QED) is 0.683. The van der Waals surface area contributed by atoms with Crippen molar-refractivity contribution in [1.82, 2.24) is 9.47 Å². The number of nitrogens with zero attached hydrogens (tertiary/aromatic N) is 2. The summed E-state index contributed by atoms with van der Waals surface area (Å²) in [6.07, 6.45) is 1.00. The molecule has 0 radical (unpaired) electrons. The molecule has 2 heterocycles. The molecule has 0 spiro atoms. The summed E-state index contributed by atoms with van der Waals surface area (Å²) in [5, 5.41) is 1.29. The lowest BCUT2D eigenvalue weighted by atomic mass is 10.1. The highest BCUT2D eigenvalue weighted by Crippen LogP contribution is 2.20. The van der Waals surface area contributed by atoms with Gasteiger partial charge in [-0.2, -0.15) is 0 Å². The monoisotopic (exact) mass is 350 g/mol. The molecule has 2 aromatic carbocycles. The fraction of sp³-hybridized carbons (Fsp3) is 0.333. The van der Waals surface area contributed by atoms with Crippen LogP contribution in [-0.2, 0) is 16.1 Å². The second-order valence-electron chi connectivity index (χ2n) is 6.69. The van der Waals surface area contributed by atoms with Gasteiger partial charge in [0.05, 0.1) is 23.7 Å². The van der Waals surface area contributed by atoms with E-state index >= 15 is 0 Å². The first-order valence-corrected chi connectivity index (χ1v) is 9.08. The summed E-state index contributed by atoms with van der Waals surface area (Å²) in [5.41, 5.74) is 1.60. The molecule has 26 heavy (non-hydrogen) atoms. The minimum atomic E-state index is 0.0114. The lowest BCUT2D eigenvalue weighted by Gasteiger charge is -2.33. The summed E-state index contributed by atoms with van der Waals surface area (Å²) in [5.74, 6) is 0.0608. The SMILES string of the molecule is CC[C@H]1CN(C(=O)Cn2c3ccccc3c(=O)c3ccccc32)CCO1. The number of ether oxygens (including phenoxy) is 1. The molecule has 4 rings (SSSR count). The van der Waals surface area contributed by atoms with E-state index in [1.54, 1.807) is 0 Å². The lowest BCUT2D eigenvalue weighted by molar-refractivity contribution is -0.139. The van der Waals surface area contributed by atoms with E-state index in [1.807, 2.05) is 58.0 Å². The van der Waals surface area contributed by atoms with Gasteiger partial charge in [-0.3, -0.25) is 9.59 Å². The van der Waals surface area contributed by atoms with Crippen molar-refractivity contribution in [2.24, 2.45) is 0 Å². The Morgan fingerprint density at radius 3 is 2.31 bits per heavy atom. The molecule has 3 aromatic rings. The zero-order valence-corrected chi connectivity index (χ0v) is 14.9. The third-order valence-electron chi connectivity index (χ3n) is 5.12. The zero-order valence-electron chi connectivity index (χ0n) is 14.9. The molecule has 1 atom stereocenters. The van der Waals surface area contributed by atoms with E-state index in [9.17, 15) is 9.59 Å². The summed E-state index contributed by atoms with van der Waals surface area (Å²) in [6.45, 7) is 4.12. The summed E-state index contributed by atoms with van der Waals surface area (Å²) >= 11 is 0. The number of pyridine rings is 1. The lowest BCUT2D eigenvalue weighted by Crippen LogP contribution is -2.46. The number of hydrogen-bond donors (Lipinski definition) is 0. The van der Waals surface area contributed by atoms with Gasteiger partial charge in [0.2, 0.25) is 5.91 Å². The Morgan fingerprint density at radius 2 is 1.69 bits per heavy atom. The largest absolute Gasteiger partial charge is 0.375 e. The van der Waals surface area contributed by atoms with Crippen LogP contribution >= 0.6 is 0 Å². The van der Waals surface area contributed by atoms with E-state index in [2.05, 4.69) is 6.92 Å². The van der Waals surface area contributed by atoms with Crippen molar-refractivity contribution in [1.29, 1.82) is 0 Å². The second kappa shape index (κ2) is 6.92. The fourth-order valence-corrected chi connectivity index (χ4v) is 3.68. The van der Waals surface area contributed by atoms with E-state index in [1.165, 1.54) is 0 Å². The second-order valence-corrected chi connectivity index (χ2v) is 6.69. The van der Waals surface area contributed by atoms with Gasteiger partial charge in [0.1, 0.15) is 6.54 Å². The summed E-state index contributed by atoms with van der Waals surface area (Å²) < 4.78 is 7.64. The average molecular weight is 350 g/mol. The Balaban J connectivity index is 1.79.